The predicted molar refractivity (Wildman–Crippen MR) is 113 cm³/mol. The Balaban J connectivity index is 1.91. The Bertz CT molecular complexity index is 1160. The van der Waals surface area contributed by atoms with Crippen LogP contribution in [-0.2, 0) is 16.1 Å². The summed E-state index contributed by atoms with van der Waals surface area (Å²) in [7, 11) is 1.55. The molecule has 2 aromatic heterocycles. The molecule has 1 aliphatic heterocycles. The summed E-state index contributed by atoms with van der Waals surface area (Å²) in [6.45, 7) is 3.65. The number of H-pyrrole nitrogens is 1. The van der Waals surface area contributed by atoms with E-state index in [2.05, 4.69) is 15.2 Å². The van der Waals surface area contributed by atoms with Crippen molar-refractivity contribution in [2.75, 3.05) is 7.11 Å². The van der Waals surface area contributed by atoms with Crippen molar-refractivity contribution >= 4 is 17.4 Å². The largest absolute Gasteiger partial charge is 0.507 e. The average molecular weight is 418 g/mol. The van der Waals surface area contributed by atoms with Crippen LogP contribution in [0.2, 0.25) is 0 Å². The minimum atomic E-state index is -0.788. The van der Waals surface area contributed by atoms with Crippen LogP contribution in [0.3, 0.4) is 0 Å². The van der Waals surface area contributed by atoms with Gasteiger partial charge in [-0.15, -0.1) is 0 Å². The van der Waals surface area contributed by atoms with E-state index in [1.165, 1.54) is 4.90 Å². The first-order valence-electron chi connectivity index (χ1n) is 9.75. The quantitative estimate of drug-likeness (QED) is 0.375. The first kappa shape index (κ1) is 20.3. The number of carbonyl (C=O) groups is 2. The Kier molecular flexibility index (Phi) is 5.29. The van der Waals surface area contributed by atoms with Gasteiger partial charge in [-0.05, 0) is 43.2 Å². The third kappa shape index (κ3) is 3.56. The topological polar surface area (TPSA) is 108 Å². The summed E-state index contributed by atoms with van der Waals surface area (Å²) in [4.78, 5) is 31.7. The molecule has 1 amide bonds. The van der Waals surface area contributed by atoms with Crippen molar-refractivity contribution in [3.05, 3.63) is 82.4 Å². The molecule has 31 heavy (non-hydrogen) atoms. The number of methoxy groups -OCH3 is 1. The van der Waals surface area contributed by atoms with Crippen molar-refractivity contribution in [2.24, 2.45) is 0 Å². The Morgan fingerprint density at radius 3 is 2.68 bits per heavy atom. The molecular weight excluding hydrogens is 396 g/mol. The van der Waals surface area contributed by atoms with E-state index in [4.69, 9.17) is 4.74 Å². The van der Waals surface area contributed by atoms with Gasteiger partial charge in [0, 0.05) is 24.6 Å². The second kappa shape index (κ2) is 8.06. The standard InChI is InChI=1S/C23H22N4O4/c1-13-18(14(2)26-25-13)21(28)19-20(16-7-4-8-17(10-16)31-3)27(23(30)22(19)29)12-15-6-5-9-24-11-15/h4-11,20,28H,12H2,1-3H3,(H,25,26)/t20-/m0/s1. The molecule has 3 aromatic rings. The minimum absolute atomic E-state index is 0.0229. The number of hydrogen-bond acceptors (Lipinski definition) is 6. The van der Waals surface area contributed by atoms with Crippen LogP contribution in [-0.4, -0.2) is 44.0 Å². The number of carbonyl (C=O) groups excluding carboxylic acids is 2. The number of Topliss-reactive ketones (excluding diaryl/α,β-unsaturated/α-hetero) is 1. The van der Waals surface area contributed by atoms with Gasteiger partial charge in [-0.1, -0.05) is 18.2 Å². The van der Waals surface area contributed by atoms with E-state index in [1.807, 2.05) is 6.07 Å². The first-order chi connectivity index (χ1) is 14.9. The van der Waals surface area contributed by atoms with E-state index in [9.17, 15) is 14.7 Å². The van der Waals surface area contributed by atoms with Crippen molar-refractivity contribution in [1.29, 1.82) is 0 Å². The molecule has 158 valence electrons. The summed E-state index contributed by atoms with van der Waals surface area (Å²) < 4.78 is 5.34. The van der Waals surface area contributed by atoms with Gasteiger partial charge in [0.15, 0.2) is 0 Å². The van der Waals surface area contributed by atoms with Crippen LogP contribution in [0.15, 0.2) is 54.4 Å². The molecule has 3 heterocycles. The maximum Gasteiger partial charge on any atom is 0.295 e. The summed E-state index contributed by atoms with van der Waals surface area (Å²) in [6, 6.07) is 9.94. The zero-order valence-electron chi connectivity index (χ0n) is 17.4. The third-order valence-corrected chi connectivity index (χ3v) is 5.39. The first-order valence-corrected chi connectivity index (χ1v) is 9.75. The van der Waals surface area contributed by atoms with Gasteiger partial charge < -0.3 is 14.7 Å². The fraction of sp³-hybridized carbons (Fsp3) is 0.217. The highest BCUT2D eigenvalue weighted by atomic mass is 16.5. The third-order valence-electron chi connectivity index (χ3n) is 5.39. The zero-order chi connectivity index (χ0) is 22.1. The molecule has 1 aromatic carbocycles. The number of pyridine rings is 1. The number of ketones is 1. The highest BCUT2D eigenvalue weighted by Crippen LogP contribution is 2.41. The van der Waals surface area contributed by atoms with E-state index in [-0.39, 0.29) is 17.9 Å². The summed E-state index contributed by atoms with van der Waals surface area (Å²) in [5.74, 6) is -1.09. The van der Waals surface area contributed by atoms with Crippen LogP contribution >= 0.6 is 0 Å². The molecule has 1 aliphatic rings. The van der Waals surface area contributed by atoms with Gasteiger partial charge >= 0.3 is 0 Å². The number of likely N-dealkylation sites (tertiary alicyclic amines) is 1. The number of benzene rings is 1. The van der Waals surface area contributed by atoms with Gasteiger partial charge in [0.1, 0.15) is 11.5 Å². The smallest absolute Gasteiger partial charge is 0.295 e. The number of hydrogen-bond donors (Lipinski definition) is 2. The Labute approximate surface area is 179 Å². The van der Waals surface area contributed by atoms with Crippen LogP contribution in [0.25, 0.3) is 5.76 Å². The van der Waals surface area contributed by atoms with Gasteiger partial charge in [0.05, 0.1) is 30.0 Å². The van der Waals surface area contributed by atoms with Crippen LogP contribution in [0, 0.1) is 13.8 Å². The van der Waals surface area contributed by atoms with Gasteiger partial charge in [-0.25, -0.2) is 0 Å². The predicted octanol–water partition coefficient (Wildman–Crippen LogP) is 3.05. The molecule has 1 saturated heterocycles. The SMILES string of the molecule is COc1cccc([C@H]2C(=C(O)c3c(C)n[nH]c3C)C(=O)C(=O)N2Cc2cccnc2)c1. The second-order valence-electron chi connectivity index (χ2n) is 7.37. The fourth-order valence-corrected chi connectivity index (χ4v) is 3.92. The van der Waals surface area contributed by atoms with E-state index >= 15 is 0 Å². The lowest BCUT2D eigenvalue weighted by Gasteiger charge is -2.25. The molecule has 0 unspecified atom stereocenters. The van der Waals surface area contributed by atoms with Gasteiger partial charge in [-0.3, -0.25) is 19.7 Å². The monoisotopic (exact) mass is 418 g/mol. The molecule has 4 rings (SSSR count). The lowest BCUT2D eigenvalue weighted by molar-refractivity contribution is -0.140. The van der Waals surface area contributed by atoms with E-state index in [0.717, 1.165) is 5.56 Å². The van der Waals surface area contributed by atoms with Crippen molar-refractivity contribution in [1.82, 2.24) is 20.1 Å². The highest BCUT2D eigenvalue weighted by molar-refractivity contribution is 6.46. The summed E-state index contributed by atoms with van der Waals surface area (Å²) in [5, 5.41) is 18.1. The number of nitrogens with one attached hydrogen (secondary N) is 1. The molecule has 0 radical (unpaired) electrons. The highest BCUT2D eigenvalue weighted by Gasteiger charge is 2.46. The minimum Gasteiger partial charge on any atom is -0.507 e. The van der Waals surface area contributed by atoms with Crippen molar-refractivity contribution in [3.63, 3.8) is 0 Å². The molecule has 1 fully saturated rings. The maximum atomic E-state index is 13.1. The van der Waals surface area contributed by atoms with Crippen LogP contribution in [0.5, 0.6) is 5.75 Å². The van der Waals surface area contributed by atoms with E-state index in [1.54, 1.807) is 63.7 Å². The van der Waals surface area contributed by atoms with E-state index < -0.39 is 17.7 Å². The molecular formula is C23H22N4O4. The van der Waals surface area contributed by atoms with Crippen LogP contribution in [0.1, 0.15) is 34.1 Å². The average Bonchev–Trinajstić information content (AvgIpc) is 3.25. The fourth-order valence-electron chi connectivity index (χ4n) is 3.92. The number of aromatic nitrogens is 3. The zero-order valence-corrected chi connectivity index (χ0v) is 17.4. The molecule has 0 bridgehead atoms. The van der Waals surface area contributed by atoms with E-state index in [0.29, 0.717) is 28.3 Å². The Morgan fingerprint density at radius 2 is 2.03 bits per heavy atom. The second-order valence-corrected chi connectivity index (χ2v) is 7.37. The number of aryl methyl sites for hydroxylation is 2. The Morgan fingerprint density at radius 1 is 1.23 bits per heavy atom. The molecule has 8 nitrogen and oxygen atoms in total. The molecule has 1 atom stereocenters. The van der Waals surface area contributed by atoms with Crippen LogP contribution in [0.4, 0.5) is 0 Å². The number of rotatable bonds is 5. The van der Waals surface area contributed by atoms with Gasteiger partial charge in [0.25, 0.3) is 11.7 Å². The molecule has 0 saturated carbocycles. The maximum absolute atomic E-state index is 13.1. The summed E-state index contributed by atoms with van der Waals surface area (Å²) >= 11 is 0. The lowest BCUT2D eigenvalue weighted by atomic mass is 9.94. The lowest BCUT2D eigenvalue weighted by Crippen LogP contribution is -2.29. The number of aromatic amines is 1. The normalized spacial score (nSPS) is 17.9. The summed E-state index contributed by atoms with van der Waals surface area (Å²) in [6.07, 6.45) is 3.29. The van der Waals surface area contributed by atoms with Crippen molar-refractivity contribution in [3.8, 4) is 5.75 Å². The summed E-state index contributed by atoms with van der Waals surface area (Å²) in [5.41, 5.74) is 3.02. The molecule has 2 N–H and O–H groups in total. The number of aliphatic hydroxyl groups is 1. The van der Waals surface area contributed by atoms with Gasteiger partial charge in [0.2, 0.25) is 0 Å². The number of aliphatic hydroxyl groups excluding tert-OH is 1. The van der Waals surface area contributed by atoms with Crippen LogP contribution < -0.4 is 4.74 Å². The molecule has 8 heteroatoms. The van der Waals surface area contributed by atoms with Gasteiger partial charge in [-0.2, -0.15) is 5.10 Å². The van der Waals surface area contributed by atoms with Crippen molar-refractivity contribution in [2.45, 2.75) is 26.4 Å². The number of ether oxygens (including phenoxy) is 1. The Hall–Kier alpha value is -3.94. The molecule has 0 spiro atoms. The molecule has 0 aliphatic carbocycles. The number of nitrogens with zero attached hydrogens (tertiary/aromatic N) is 3. The number of amides is 1. The van der Waals surface area contributed by atoms with Crippen molar-refractivity contribution < 1.29 is 19.4 Å².